The molecule has 7 heteroatoms. The van der Waals surface area contributed by atoms with E-state index in [4.69, 9.17) is 16.3 Å². The van der Waals surface area contributed by atoms with Crippen LogP contribution >= 0.6 is 11.6 Å². The highest BCUT2D eigenvalue weighted by Gasteiger charge is 2.38. The molecule has 1 heterocycles. The van der Waals surface area contributed by atoms with Gasteiger partial charge in [0.25, 0.3) is 5.91 Å². The first-order valence-electron chi connectivity index (χ1n) is 8.69. The summed E-state index contributed by atoms with van der Waals surface area (Å²) in [5.74, 6) is -0.333. The summed E-state index contributed by atoms with van der Waals surface area (Å²) in [6.07, 6.45) is -0.534. The Morgan fingerprint density at radius 2 is 1.78 bits per heavy atom. The Balaban J connectivity index is 1.47. The van der Waals surface area contributed by atoms with Gasteiger partial charge in [-0.05, 0) is 23.3 Å². The maximum atomic E-state index is 12.5. The summed E-state index contributed by atoms with van der Waals surface area (Å²) < 4.78 is 5.46. The van der Waals surface area contributed by atoms with E-state index in [0.717, 1.165) is 16.0 Å². The lowest BCUT2D eigenvalue weighted by Gasteiger charge is -2.18. The lowest BCUT2D eigenvalue weighted by atomic mass is 10.1. The number of amides is 3. The quantitative estimate of drug-likeness (QED) is 0.680. The highest BCUT2D eigenvalue weighted by atomic mass is 35.5. The summed E-state index contributed by atoms with van der Waals surface area (Å²) >= 11 is 5.83. The topological polar surface area (TPSA) is 78.9 Å². The van der Waals surface area contributed by atoms with E-state index in [9.17, 15) is 14.7 Å². The molecule has 2 N–H and O–H groups in total. The number of nitrogens with one attached hydrogen (secondary N) is 1. The van der Waals surface area contributed by atoms with Gasteiger partial charge in [-0.15, -0.1) is 0 Å². The van der Waals surface area contributed by atoms with Crippen molar-refractivity contribution < 1.29 is 19.4 Å². The van der Waals surface area contributed by atoms with Gasteiger partial charge < -0.3 is 15.2 Å². The molecule has 0 saturated carbocycles. The van der Waals surface area contributed by atoms with Crippen molar-refractivity contribution >= 4 is 23.5 Å². The molecule has 2 aromatic carbocycles. The number of hydrogen-bond donors (Lipinski definition) is 2. The molecule has 1 saturated heterocycles. The number of rotatable bonds is 8. The second-order valence-electron chi connectivity index (χ2n) is 6.44. The molecular weight excluding hydrogens is 368 g/mol. The first-order valence-corrected chi connectivity index (χ1v) is 9.07. The molecule has 27 heavy (non-hydrogen) atoms. The number of carbonyl (C=O) groups is 2. The van der Waals surface area contributed by atoms with Gasteiger partial charge in [0.05, 0.1) is 25.9 Å². The molecule has 6 nitrogen and oxygen atoms in total. The Morgan fingerprint density at radius 1 is 1.07 bits per heavy atom. The summed E-state index contributed by atoms with van der Waals surface area (Å²) in [7, 11) is 0. The van der Waals surface area contributed by atoms with Crippen LogP contribution in [0.15, 0.2) is 54.6 Å². The highest BCUT2D eigenvalue weighted by Crippen LogP contribution is 2.13. The number of nitrogens with zero attached hydrogens (tertiary/aromatic N) is 1. The zero-order valence-corrected chi connectivity index (χ0v) is 15.4. The maximum absolute atomic E-state index is 12.5. The van der Waals surface area contributed by atoms with E-state index in [0.29, 0.717) is 18.1 Å². The molecule has 1 aliphatic rings. The fourth-order valence-corrected chi connectivity index (χ4v) is 3.02. The molecule has 3 amide bonds. The zero-order chi connectivity index (χ0) is 19.2. The second-order valence-corrected chi connectivity index (χ2v) is 6.87. The Kier molecular flexibility index (Phi) is 6.45. The van der Waals surface area contributed by atoms with Gasteiger partial charge >= 0.3 is 6.03 Å². The van der Waals surface area contributed by atoms with Gasteiger partial charge in [-0.25, -0.2) is 4.79 Å². The van der Waals surface area contributed by atoms with Crippen LogP contribution in [0.25, 0.3) is 0 Å². The highest BCUT2D eigenvalue weighted by molar-refractivity contribution is 6.30. The van der Waals surface area contributed by atoms with Crippen molar-refractivity contribution in [3.8, 4) is 0 Å². The average molecular weight is 389 g/mol. The molecular formula is C20H21ClN2O4. The fraction of sp³-hybridized carbons (Fsp3) is 0.300. The summed E-state index contributed by atoms with van der Waals surface area (Å²) in [6, 6.07) is 15.6. The molecule has 1 fully saturated rings. The summed E-state index contributed by atoms with van der Waals surface area (Å²) in [6.45, 7) is 0.227. The van der Waals surface area contributed by atoms with Crippen molar-refractivity contribution in [2.24, 2.45) is 0 Å². The molecule has 0 spiro atoms. The van der Waals surface area contributed by atoms with Crippen molar-refractivity contribution in [1.29, 1.82) is 0 Å². The van der Waals surface area contributed by atoms with Crippen molar-refractivity contribution in [1.82, 2.24) is 10.2 Å². The molecule has 1 aliphatic heterocycles. The molecule has 0 aromatic heterocycles. The van der Waals surface area contributed by atoms with Crippen molar-refractivity contribution in [3.63, 3.8) is 0 Å². The van der Waals surface area contributed by atoms with Crippen LogP contribution < -0.4 is 5.32 Å². The maximum Gasteiger partial charge on any atom is 0.324 e. The summed E-state index contributed by atoms with van der Waals surface area (Å²) in [4.78, 5) is 25.6. The number of aliphatic hydroxyl groups excluding tert-OH is 1. The molecule has 0 aliphatic carbocycles. The standard InChI is InChI=1S/C20H21ClN2O4/c21-16-8-6-15(7-9-16)12-27-13-17(24)11-23-19(25)18(22-20(23)26)10-14-4-2-1-3-5-14/h1-9,17-18,24H,10-13H2,(H,22,26)/t17-,18+/m1/s1. The minimum Gasteiger partial charge on any atom is -0.389 e. The Labute approximate surface area is 162 Å². The number of β-amino-alcohol motifs (C(OH)–C–C–N with tert-alkyl or cyclic N) is 1. The number of carbonyl (C=O) groups excluding carboxylic acids is 2. The third-order valence-corrected chi connectivity index (χ3v) is 4.53. The molecule has 2 atom stereocenters. The third kappa shape index (κ3) is 5.29. The largest absolute Gasteiger partial charge is 0.389 e. The predicted octanol–water partition coefficient (Wildman–Crippen LogP) is 2.38. The van der Waals surface area contributed by atoms with E-state index in [-0.39, 0.29) is 19.1 Å². The number of aliphatic hydroxyl groups is 1. The molecule has 0 unspecified atom stereocenters. The number of benzene rings is 2. The van der Waals surface area contributed by atoms with Crippen LogP contribution in [-0.4, -0.2) is 47.2 Å². The minimum absolute atomic E-state index is 0.0169. The molecule has 0 bridgehead atoms. The van der Waals surface area contributed by atoms with Gasteiger partial charge in [0.15, 0.2) is 0 Å². The Hall–Kier alpha value is -2.41. The van der Waals surface area contributed by atoms with Crippen molar-refractivity contribution in [2.45, 2.75) is 25.2 Å². The average Bonchev–Trinajstić information content (AvgIpc) is 2.92. The SMILES string of the molecule is O=C1N[C@@H](Cc2ccccc2)C(=O)N1C[C@@H](O)COCc1ccc(Cl)cc1. The van der Waals surface area contributed by atoms with E-state index in [1.165, 1.54) is 0 Å². The second kappa shape index (κ2) is 8.99. The van der Waals surface area contributed by atoms with Crippen LogP contribution in [0.5, 0.6) is 0 Å². The van der Waals surface area contributed by atoms with Gasteiger partial charge in [0.2, 0.25) is 0 Å². The van der Waals surface area contributed by atoms with Crippen LogP contribution in [0, 0.1) is 0 Å². The monoisotopic (exact) mass is 388 g/mol. The molecule has 0 radical (unpaired) electrons. The lowest BCUT2D eigenvalue weighted by Crippen LogP contribution is -2.39. The normalized spacial score (nSPS) is 17.9. The van der Waals surface area contributed by atoms with Gasteiger partial charge in [-0.2, -0.15) is 0 Å². The summed E-state index contributed by atoms with van der Waals surface area (Å²) in [5.41, 5.74) is 1.88. The number of urea groups is 1. The van der Waals surface area contributed by atoms with Crippen LogP contribution in [0.4, 0.5) is 4.79 Å². The smallest absolute Gasteiger partial charge is 0.324 e. The number of ether oxygens (including phenoxy) is 1. The van der Waals surface area contributed by atoms with E-state index in [2.05, 4.69) is 5.32 Å². The van der Waals surface area contributed by atoms with E-state index < -0.39 is 18.2 Å². The predicted molar refractivity (Wildman–Crippen MR) is 101 cm³/mol. The van der Waals surface area contributed by atoms with Gasteiger partial charge in [0, 0.05) is 11.4 Å². The zero-order valence-electron chi connectivity index (χ0n) is 14.7. The number of halogens is 1. The third-order valence-electron chi connectivity index (χ3n) is 4.28. The van der Waals surface area contributed by atoms with E-state index in [1.807, 2.05) is 42.5 Å². The van der Waals surface area contributed by atoms with Crippen LogP contribution in [0.2, 0.25) is 5.02 Å². The Morgan fingerprint density at radius 3 is 2.48 bits per heavy atom. The van der Waals surface area contributed by atoms with E-state index in [1.54, 1.807) is 12.1 Å². The number of imide groups is 1. The molecule has 3 rings (SSSR count). The first kappa shape index (κ1) is 19.4. The van der Waals surface area contributed by atoms with Gasteiger partial charge in [-0.1, -0.05) is 54.1 Å². The van der Waals surface area contributed by atoms with Crippen molar-refractivity contribution in [3.05, 3.63) is 70.7 Å². The fourth-order valence-electron chi connectivity index (χ4n) is 2.89. The van der Waals surface area contributed by atoms with Crippen molar-refractivity contribution in [2.75, 3.05) is 13.2 Å². The Bertz CT molecular complexity index is 782. The number of hydrogen-bond acceptors (Lipinski definition) is 4. The first-order chi connectivity index (χ1) is 13.0. The minimum atomic E-state index is -0.956. The summed E-state index contributed by atoms with van der Waals surface area (Å²) in [5, 5.41) is 13.4. The van der Waals surface area contributed by atoms with Gasteiger partial charge in [-0.3, -0.25) is 9.69 Å². The molecule has 2 aromatic rings. The van der Waals surface area contributed by atoms with Crippen LogP contribution in [0.1, 0.15) is 11.1 Å². The van der Waals surface area contributed by atoms with E-state index >= 15 is 0 Å². The van der Waals surface area contributed by atoms with Crippen LogP contribution in [-0.2, 0) is 22.6 Å². The molecule has 142 valence electrons. The lowest BCUT2D eigenvalue weighted by molar-refractivity contribution is -0.128. The van der Waals surface area contributed by atoms with Gasteiger partial charge in [0.1, 0.15) is 6.04 Å². The van der Waals surface area contributed by atoms with Crippen LogP contribution in [0.3, 0.4) is 0 Å².